The molecule has 0 aromatic carbocycles. The molecule has 0 aliphatic carbocycles. The summed E-state index contributed by atoms with van der Waals surface area (Å²) < 4.78 is 0. The van der Waals surface area contributed by atoms with Crippen LogP contribution in [0.5, 0.6) is 0 Å². The summed E-state index contributed by atoms with van der Waals surface area (Å²) in [5.41, 5.74) is 1.72. The maximum Gasteiger partial charge on any atom is 0.305 e. The van der Waals surface area contributed by atoms with Crippen molar-refractivity contribution in [1.82, 2.24) is 0 Å². The Labute approximate surface area is 124 Å². The standard InChI is InChI=1S/C15H22N2O2S/c1-4-5-6-8-17(9-7-14(18)19)15-13(10-16)11(2)12(3)20-15/h4-9H2,1-3H3,(H,18,19). The van der Waals surface area contributed by atoms with Crippen LogP contribution >= 0.6 is 11.3 Å². The van der Waals surface area contributed by atoms with E-state index in [4.69, 9.17) is 5.11 Å². The van der Waals surface area contributed by atoms with Crippen molar-refractivity contribution in [3.05, 3.63) is 16.0 Å². The maximum atomic E-state index is 10.8. The quantitative estimate of drug-likeness (QED) is 0.742. The van der Waals surface area contributed by atoms with Crippen LogP contribution in [0.3, 0.4) is 0 Å². The molecule has 4 nitrogen and oxygen atoms in total. The predicted octanol–water partition coefficient (Wildman–Crippen LogP) is 3.71. The summed E-state index contributed by atoms with van der Waals surface area (Å²) >= 11 is 1.59. The summed E-state index contributed by atoms with van der Waals surface area (Å²) in [6.45, 7) is 7.38. The lowest BCUT2D eigenvalue weighted by molar-refractivity contribution is -0.136. The first-order valence-electron chi connectivity index (χ1n) is 6.98. The van der Waals surface area contributed by atoms with Gasteiger partial charge in [-0.15, -0.1) is 11.3 Å². The third-order valence-electron chi connectivity index (χ3n) is 3.39. The van der Waals surface area contributed by atoms with Gasteiger partial charge in [-0.3, -0.25) is 4.79 Å². The van der Waals surface area contributed by atoms with E-state index in [1.54, 1.807) is 11.3 Å². The van der Waals surface area contributed by atoms with Crippen LogP contribution in [0, 0.1) is 25.2 Å². The molecule has 0 atom stereocenters. The Hall–Kier alpha value is -1.54. The van der Waals surface area contributed by atoms with Crippen molar-refractivity contribution in [1.29, 1.82) is 5.26 Å². The number of thiophene rings is 1. The van der Waals surface area contributed by atoms with Crippen molar-refractivity contribution < 1.29 is 9.90 Å². The summed E-state index contributed by atoms with van der Waals surface area (Å²) in [7, 11) is 0. The number of aryl methyl sites for hydroxylation is 1. The minimum absolute atomic E-state index is 0.104. The zero-order valence-electron chi connectivity index (χ0n) is 12.4. The Kier molecular flexibility index (Phi) is 6.53. The number of unbranched alkanes of at least 4 members (excludes halogenated alkanes) is 2. The molecule has 0 unspecified atom stereocenters. The largest absolute Gasteiger partial charge is 0.481 e. The van der Waals surface area contributed by atoms with E-state index >= 15 is 0 Å². The number of rotatable bonds is 8. The number of nitrogens with zero attached hydrogens (tertiary/aromatic N) is 2. The maximum absolute atomic E-state index is 10.8. The third kappa shape index (κ3) is 4.24. The average molecular weight is 294 g/mol. The Balaban J connectivity index is 2.94. The van der Waals surface area contributed by atoms with Gasteiger partial charge in [-0.1, -0.05) is 19.8 Å². The highest BCUT2D eigenvalue weighted by Gasteiger charge is 2.18. The van der Waals surface area contributed by atoms with E-state index in [1.807, 2.05) is 13.8 Å². The molecule has 20 heavy (non-hydrogen) atoms. The van der Waals surface area contributed by atoms with Gasteiger partial charge in [0.15, 0.2) is 0 Å². The molecule has 1 aromatic rings. The van der Waals surface area contributed by atoms with E-state index in [1.165, 1.54) is 0 Å². The predicted molar refractivity (Wildman–Crippen MR) is 82.5 cm³/mol. The second-order valence-corrected chi connectivity index (χ2v) is 6.12. The van der Waals surface area contributed by atoms with Crippen LogP contribution < -0.4 is 4.90 Å². The molecule has 0 saturated heterocycles. The second-order valence-electron chi connectivity index (χ2n) is 4.91. The molecule has 0 saturated carbocycles. The summed E-state index contributed by atoms with van der Waals surface area (Å²) in [5, 5.41) is 19.1. The van der Waals surface area contributed by atoms with E-state index in [0.717, 1.165) is 41.2 Å². The number of anilines is 1. The average Bonchev–Trinajstić information content (AvgIpc) is 2.69. The fourth-order valence-electron chi connectivity index (χ4n) is 2.06. The van der Waals surface area contributed by atoms with Crippen molar-refractivity contribution in [2.24, 2.45) is 0 Å². The van der Waals surface area contributed by atoms with E-state index in [-0.39, 0.29) is 6.42 Å². The molecule has 0 fully saturated rings. The molecule has 0 aliphatic rings. The SMILES string of the molecule is CCCCCN(CCC(=O)O)c1sc(C)c(C)c1C#N. The van der Waals surface area contributed by atoms with Gasteiger partial charge >= 0.3 is 5.97 Å². The fourth-order valence-corrected chi connectivity index (χ4v) is 3.22. The molecule has 1 heterocycles. The van der Waals surface area contributed by atoms with Crippen molar-refractivity contribution in [3.63, 3.8) is 0 Å². The highest BCUT2D eigenvalue weighted by Crippen LogP contribution is 2.35. The van der Waals surface area contributed by atoms with Crippen molar-refractivity contribution in [2.45, 2.75) is 46.5 Å². The van der Waals surface area contributed by atoms with E-state index in [9.17, 15) is 10.1 Å². The first-order chi connectivity index (χ1) is 9.51. The Bertz CT molecular complexity index is 503. The summed E-state index contributed by atoms with van der Waals surface area (Å²) in [5.74, 6) is -0.797. The van der Waals surface area contributed by atoms with Crippen LogP contribution in [0.4, 0.5) is 5.00 Å². The lowest BCUT2D eigenvalue weighted by Crippen LogP contribution is -2.27. The molecule has 0 radical (unpaired) electrons. The molecule has 1 aromatic heterocycles. The summed E-state index contributed by atoms with van der Waals surface area (Å²) in [6, 6.07) is 2.26. The van der Waals surface area contributed by atoms with Gasteiger partial charge in [0.2, 0.25) is 0 Å². The number of aliphatic carboxylic acids is 1. The monoisotopic (exact) mass is 294 g/mol. The number of carbonyl (C=O) groups is 1. The summed E-state index contributed by atoms with van der Waals surface area (Å²) in [4.78, 5) is 14.0. The molecule has 0 spiro atoms. The van der Waals surface area contributed by atoms with Crippen LogP contribution in [-0.4, -0.2) is 24.2 Å². The van der Waals surface area contributed by atoms with Crippen molar-refractivity contribution in [3.8, 4) is 6.07 Å². The number of hydrogen-bond acceptors (Lipinski definition) is 4. The minimum atomic E-state index is -0.797. The van der Waals surface area contributed by atoms with Gasteiger partial charge in [0.05, 0.1) is 12.0 Å². The molecule has 0 bridgehead atoms. The van der Waals surface area contributed by atoms with Gasteiger partial charge in [-0.25, -0.2) is 0 Å². The molecule has 1 rings (SSSR count). The highest BCUT2D eigenvalue weighted by atomic mass is 32.1. The van der Waals surface area contributed by atoms with Crippen molar-refractivity contribution in [2.75, 3.05) is 18.0 Å². The number of carboxylic acid groups (broad SMARTS) is 1. The molecule has 1 N–H and O–H groups in total. The zero-order valence-corrected chi connectivity index (χ0v) is 13.2. The van der Waals surface area contributed by atoms with Gasteiger partial charge in [0, 0.05) is 18.0 Å². The first-order valence-corrected chi connectivity index (χ1v) is 7.79. The Morgan fingerprint density at radius 3 is 2.60 bits per heavy atom. The Morgan fingerprint density at radius 2 is 2.05 bits per heavy atom. The minimum Gasteiger partial charge on any atom is -0.481 e. The van der Waals surface area contributed by atoms with Crippen LogP contribution in [0.15, 0.2) is 0 Å². The van der Waals surface area contributed by atoms with Crippen LogP contribution in [0.1, 0.15) is 48.6 Å². The van der Waals surface area contributed by atoms with Gasteiger partial charge in [-0.2, -0.15) is 5.26 Å². The van der Waals surface area contributed by atoms with Crippen LogP contribution in [0.2, 0.25) is 0 Å². The molecular weight excluding hydrogens is 272 g/mol. The molecule has 0 aliphatic heterocycles. The smallest absolute Gasteiger partial charge is 0.305 e. The van der Waals surface area contributed by atoms with Gasteiger partial charge in [0.25, 0.3) is 0 Å². The number of hydrogen-bond donors (Lipinski definition) is 1. The zero-order chi connectivity index (χ0) is 15.1. The van der Waals surface area contributed by atoms with Crippen molar-refractivity contribution >= 4 is 22.3 Å². The third-order valence-corrected chi connectivity index (χ3v) is 4.66. The lowest BCUT2D eigenvalue weighted by atomic mass is 10.1. The van der Waals surface area contributed by atoms with Gasteiger partial charge in [0.1, 0.15) is 11.1 Å². The summed E-state index contributed by atoms with van der Waals surface area (Å²) in [6.07, 6.45) is 3.37. The van der Waals surface area contributed by atoms with Gasteiger partial charge in [-0.05, 0) is 25.8 Å². The van der Waals surface area contributed by atoms with Gasteiger partial charge < -0.3 is 10.0 Å². The molecule has 5 heteroatoms. The van der Waals surface area contributed by atoms with E-state index in [0.29, 0.717) is 12.1 Å². The molecule has 110 valence electrons. The first kappa shape index (κ1) is 16.5. The van der Waals surface area contributed by atoms with E-state index in [2.05, 4.69) is 17.9 Å². The Morgan fingerprint density at radius 1 is 1.35 bits per heavy atom. The number of nitriles is 1. The lowest BCUT2D eigenvalue weighted by Gasteiger charge is -2.23. The molecular formula is C15H22N2O2S. The molecule has 0 amide bonds. The fraction of sp³-hybridized carbons (Fsp3) is 0.600. The number of carboxylic acids is 1. The highest BCUT2D eigenvalue weighted by molar-refractivity contribution is 7.16. The normalized spacial score (nSPS) is 10.3. The van der Waals surface area contributed by atoms with Crippen LogP contribution in [0.25, 0.3) is 0 Å². The van der Waals surface area contributed by atoms with Crippen LogP contribution in [-0.2, 0) is 4.79 Å². The second kappa shape index (κ2) is 7.91. The van der Waals surface area contributed by atoms with E-state index < -0.39 is 5.97 Å². The topological polar surface area (TPSA) is 64.3 Å².